The van der Waals surface area contributed by atoms with Crippen LogP contribution < -0.4 is 5.32 Å². The van der Waals surface area contributed by atoms with Crippen molar-refractivity contribution in [3.8, 4) is 0 Å². The smallest absolute Gasteiger partial charge is 0.206 e. The molecule has 26 heavy (non-hydrogen) atoms. The van der Waals surface area contributed by atoms with Gasteiger partial charge in [-0.2, -0.15) is 0 Å². The van der Waals surface area contributed by atoms with Gasteiger partial charge in [0.1, 0.15) is 0 Å². The molecular weight excluding hydrogens is 346 g/mol. The van der Waals surface area contributed by atoms with Crippen molar-refractivity contribution in [3.05, 3.63) is 76.0 Å². The average Bonchev–Trinajstić information content (AvgIpc) is 3.04. The summed E-state index contributed by atoms with van der Waals surface area (Å²) in [4.78, 5) is 6.68. The molecule has 2 aromatic carbocycles. The predicted molar refractivity (Wildman–Crippen MR) is 106 cm³/mol. The third-order valence-electron chi connectivity index (χ3n) is 5.06. The number of halogens is 1. The quantitative estimate of drug-likeness (QED) is 0.803. The van der Waals surface area contributed by atoms with Crippen molar-refractivity contribution in [2.75, 3.05) is 5.32 Å². The van der Waals surface area contributed by atoms with Crippen LogP contribution in [0, 0.1) is 13.8 Å². The van der Waals surface area contributed by atoms with Gasteiger partial charge in [-0.25, -0.2) is 4.99 Å². The zero-order valence-electron chi connectivity index (χ0n) is 14.9. The van der Waals surface area contributed by atoms with Crippen LogP contribution in [0.1, 0.15) is 35.6 Å². The number of aryl methyl sites for hydroxylation is 2. The second-order valence-electron chi connectivity index (χ2n) is 6.90. The molecule has 2 heterocycles. The number of aliphatic hydroxyl groups excluding tert-OH is 1. The molecule has 134 valence electrons. The van der Waals surface area contributed by atoms with Crippen LogP contribution in [0.2, 0.25) is 5.02 Å². The number of allylic oxidation sites excluding steroid dienone is 1. The Morgan fingerprint density at radius 1 is 1.15 bits per heavy atom. The summed E-state index contributed by atoms with van der Waals surface area (Å²) in [6.45, 7) is 4.00. The lowest BCUT2D eigenvalue weighted by atomic mass is 10.0. The molecule has 1 fully saturated rings. The van der Waals surface area contributed by atoms with Crippen molar-refractivity contribution in [2.45, 2.75) is 39.0 Å². The van der Waals surface area contributed by atoms with E-state index in [0.717, 1.165) is 40.4 Å². The molecule has 4 nitrogen and oxygen atoms in total. The van der Waals surface area contributed by atoms with Crippen LogP contribution in [0.4, 0.5) is 5.69 Å². The van der Waals surface area contributed by atoms with E-state index in [9.17, 15) is 5.11 Å². The summed E-state index contributed by atoms with van der Waals surface area (Å²) in [5.74, 6) is 0.686. The highest BCUT2D eigenvalue weighted by atomic mass is 35.5. The van der Waals surface area contributed by atoms with Gasteiger partial charge in [-0.3, -0.25) is 0 Å². The van der Waals surface area contributed by atoms with Crippen molar-refractivity contribution in [2.24, 2.45) is 4.99 Å². The van der Waals surface area contributed by atoms with Crippen LogP contribution in [-0.4, -0.2) is 22.2 Å². The van der Waals surface area contributed by atoms with Gasteiger partial charge in [0.25, 0.3) is 0 Å². The van der Waals surface area contributed by atoms with Gasteiger partial charge in [0, 0.05) is 16.4 Å². The fraction of sp³-hybridized carbons (Fsp3) is 0.286. The van der Waals surface area contributed by atoms with E-state index in [4.69, 9.17) is 11.6 Å². The SMILES string of the molecule is Cc1cc(NC2=NC(O)C=C3CCC(c4ccccc4)N32)c(C)cc1Cl. The van der Waals surface area contributed by atoms with Gasteiger partial charge in [-0.15, -0.1) is 0 Å². The predicted octanol–water partition coefficient (Wildman–Crippen LogP) is 4.78. The average molecular weight is 368 g/mol. The maximum absolute atomic E-state index is 10.2. The van der Waals surface area contributed by atoms with E-state index >= 15 is 0 Å². The minimum atomic E-state index is -0.813. The summed E-state index contributed by atoms with van der Waals surface area (Å²) in [5, 5.41) is 14.4. The first-order chi connectivity index (χ1) is 12.5. The topological polar surface area (TPSA) is 47.9 Å². The maximum Gasteiger partial charge on any atom is 0.206 e. The van der Waals surface area contributed by atoms with Gasteiger partial charge >= 0.3 is 0 Å². The summed E-state index contributed by atoms with van der Waals surface area (Å²) in [7, 11) is 0. The first-order valence-electron chi connectivity index (χ1n) is 8.87. The lowest BCUT2D eigenvalue weighted by molar-refractivity contribution is 0.222. The summed E-state index contributed by atoms with van der Waals surface area (Å²) in [6, 6.07) is 14.6. The van der Waals surface area contributed by atoms with E-state index < -0.39 is 6.23 Å². The van der Waals surface area contributed by atoms with Crippen molar-refractivity contribution in [3.63, 3.8) is 0 Å². The van der Waals surface area contributed by atoms with Crippen LogP contribution in [-0.2, 0) is 0 Å². The monoisotopic (exact) mass is 367 g/mol. The molecule has 0 saturated carbocycles. The molecule has 0 radical (unpaired) electrons. The molecular formula is C21H22ClN3O. The second kappa shape index (κ2) is 6.78. The molecule has 2 N–H and O–H groups in total. The van der Waals surface area contributed by atoms with Crippen LogP contribution in [0.5, 0.6) is 0 Å². The van der Waals surface area contributed by atoms with Gasteiger partial charge in [0.2, 0.25) is 5.96 Å². The number of rotatable bonds is 2. The molecule has 2 aromatic rings. The zero-order chi connectivity index (χ0) is 18.3. The largest absolute Gasteiger partial charge is 0.368 e. The molecule has 1 saturated heterocycles. The number of hydrogen-bond donors (Lipinski definition) is 2. The van der Waals surface area contributed by atoms with Crippen LogP contribution in [0.3, 0.4) is 0 Å². The fourth-order valence-electron chi connectivity index (χ4n) is 3.70. The van der Waals surface area contributed by atoms with E-state index in [1.54, 1.807) is 0 Å². The van der Waals surface area contributed by atoms with Crippen LogP contribution in [0.25, 0.3) is 0 Å². The molecule has 0 spiro atoms. The number of aliphatic hydroxyl groups is 1. The molecule has 0 aliphatic carbocycles. The third kappa shape index (κ3) is 3.11. The third-order valence-corrected chi connectivity index (χ3v) is 5.46. The Hall–Kier alpha value is -2.30. The van der Waals surface area contributed by atoms with Crippen molar-refractivity contribution in [1.82, 2.24) is 4.90 Å². The highest BCUT2D eigenvalue weighted by molar-refractivity contribution is 6.31. The minimum Gasteiger partial charge on any atom is -0.368 e. The molecule has 5 heteroatoms. The summed E-state index contributed by atoms with van der Waals surface area (Å²) < 4.78 is 0. The molecule has 0 amide bonds. The summed E-state index contributed by atoms with van der Waals surface area (Å²) in [5.41, 5.74) is 5.38. The van der Waals surface area contributed by atoms with Gasteiger partial charge in [0.05, 0.1) is 6.04 Å². The molecule has 4 rings (SSSR count). The number of hydrogen-bond acceptors (Lipinski definition) is 4. The number of fused-ring (bicyclic) bond motifs is 1. The normalized spacial score (nSPS) is 21.9. The standard InChI is InChI=1S/C21H22ClN3O/c1-13-11-18(14(2)10-17(13)22)23-21-24-20(26)12-16-8-9-19(25(16)21)15-6-4-3-5-7-15/h3-7,10-12,19-20,26H,8-9H2,1-2H3,(H,23,24). The first kappa shape index (κ1) is 17.1. The molecule has 2 aliphatic heterocycles. The van der Waals surface area contributed by atoms with Gasteiger partial charge in [-0.05, 0) is 61.6 Å². The number of benzene rings is 2. The number of nitrogens with zero attached hydrogens (tertiary/aromatic N) is 2. The zero-order valence-corrected chi connectivity index (χ0v) is 15.7. The Bertz CT molecular complexity index is 892. The van der Waals surface area contributed by atoms with Crippen LogP contribution in [0.15, 0.2) is 59.2 Å². The van der Waals surface area contributed by atoms with E-state index in [0.29, 0.717) is 5.96 Å². The number of anilines is 1. The molecule has 0 aromatic heterocycles. The second-order valence-corrected chi connectivity index (χ2v) is 7.31. The van der Waals surface area contributed by atoms with E-state index in [-0.39, 0.29) is 6.04 Å². The number of aliphatic imine (C=N–C) groups is 1. The Morgan fingerprint density at radius 3 is 2.69 bits per heavy atom. The first-order valence-corrected chi connectivity index (χ1v) is 9.25. The molecule has 2 atom stereocenters. The van der Waals surface area contributed by atoms with Crippen molar-refractivity contribution < 1.29 is 5.11 Å². The lowest BCUT2D eigenvalue weighted by Gasteiger charge is -2.33. The Kier molecular flexibility index (Phi) is 4.47. The highest BCUT2D eigenvalue weighted by Crippen LogP contribution is 2.40. The maximum atomic E-state index is 10.2. The minimum absolute atomic E-state index is 0.218. The number of guanidine groups is 1. The van der Waals surface area contributed by atoms with E-state index in [1.165, 1.54) is 5.56 Å². The Balaban J connectivity index is 1.69. The Labute approximate surface area is 158 Å². The highest BCUT2D eigenvalue weighted by Gasteiger charge is 2.35. The van der Waals surface area contributed by atoms with Crippen molar-refractivity contribution >= 4 is 23.2 Å². The summed E-state index contributed by atoms with van der Waals surface area (Å²) >= 11 is 6.23. The Morgan fingerprint density at radius 2 is 1.92 bits per heavy atom. The molecule has 2 unspecified atom stereocenters. The molecule has 2 aliphatic rings. The molecule has 0 bridgehead atoms. The van der Waals surface area contributed by atoms with Crippen LogP contribution >= 0.6 is 11.6 Å². The van der Waals surface area contributed by atoms with Gasteiger partial charge in [-0.1, -0.05) is 41.9 Å². The van der Waals surface area contributed by atoms with Gasteiger partial charge in [0.15, 0.2) is 6.23 Å². The van der Waals surface area contributed by atoms with Crippen molar-refractivity contribution in [1.29, 1.82) is 0 Å². The number of nitrogens with one attached hydrogen (secondary N) is 1. The summed E-state index contributed by atoms with van der Waals surface area (Å²) in [6.07, 6.45) is 2.96. The van der Waals surface area contributed by atoms with E-state index in [2.05, 4.69) is 39.5 Å². The fourth-order valence-corrected chi connectivity index (χ4v) is 3.92. The lowest BCUT2D eigenvalue weighted by Crippen LogP contribution is -2.38. The van der Waals surface area contributed by atoms with Gasteiger partial charge < -0.3 is 15.3 Å². The van der Waals surface area contributed by atoms with E-state index in [1.807, 2.05) is 38.1 Å².